The van der Waals surface area contributed by atoms with Gasteiger partial charge in [-0.25, -0.2) is 12.8 Å². The van der Waals surface area contributed by atoms with Crippen LogP contribution in [0, 0.1) is 5.82 Å². The number of nitrogens with zero attached hydrogens (tertiary/aromatic N) is 1. The Labute approximate surface area is 140 Å². The monoisotopic (exact) mass is 351 g/mol. The zero-order chi connectivity index (χ0) is 16.3. The van der Waals surface area contributed by atoms with E-state index >= 15 is 0 Å². The third-order valence-corrected chi connectivity index (χ3v) is 7.16. The normalized spacial score (nSPS) is 20.1. The molecule has 2 aromatic rings. The highest BCUT2D eigenvalue weighted by Crippen LogP contribution is 2.35. The summed E-state index contributed by atoms with van der Waals surface area (Å²) >= 11 is 1.79. The van der Waals surface area contributed by atoms with Crippen LogP contribution < -0.4 is 0 Å². The lowest BCUT2D eigenvalue weighted by molar-refractivity contribution is 0.428. The van der Waals surface area contributed by atoms with E-state index in [-0.39, 0.29) is 4.90 Å². The van der Waals surface area contributed by atoms with Crippen molar-refractivity contribution in [3.05, 3.63) is 66.0 Å². The van der Waals surface area contributed by atoms with Crippen molar-refractivity contribution < 1.29 is 12.8 Å². The molecule has 0 amide bonds. The minimum Gasteiger partial charge on any atom is -0.207 e. The third-order valence-electron chi connectivity index (χ3n) is 3.92. The van der Waals surface area contributed by atoms with E-state index in [1.165, 1.54) is 34.1 Å². The molecule has 0 bridgehead atoms. The van der Waals surface area contributed by atoms with Crippen LogP contribution >= 0.6 is 11.8 Å². The van der Waals surface area contributed by atoms with Crippen LogP contribution in [-0.2, 0) is 10.0 Å². The highest BCUT2D eigenvalue weighted by molar-refractivity contribution is 7.99. The molecule has 0 saturated carbocycles. The largest absolute Gasteiger partial charge is 0.243 e. The number of hydrogen-bond acceptors (Lipinski definition) is 3. The predicted octanol–water partition coefficient (Wildman–Crippen LogP) is 3.69. The Morgan fingerprint density at radius 3 is 2.39 bits per heavy atom. The number of benzene rings is 2. The van der Waals surface area contributed by atoms with Crippen LogP contribution in [-0.4, -0.2) is 31.6 Å². The van der Waals surface area contributed by atoms with Crippen molar-refractivity contribution in [1.29, 1.82) is 0 Å². The summed E-state index contributed by atoms with van der Waals surface area (Å²) in [5.74, 6) is 0.319. The van der Waals surface area contributed by atoms with Gasteiger partial charge < -0.3 is 0 Å². The fourth-order valence-corrected chi connectivity index (χ4v) is 5.48. The van der Waals surface area contributed by atoms with E-state index in [9.17, 15) is 12.8 Å². The predicted molar refractivity (Wildman–Crippen MR) is 91.4 cm³/mol. The van der Waals surface area contributed by atoms with Gasteiger partial charge in [0.1, 0.15) is 5.82 Å². The van der Waals surface area contributed by atoms with Crippen molar-refractivity contribution in [2.45, 2.75) is 16.6 Å². The van der Waals surface area contributed by atoms with Crippen LogP contribution in [0.1, 0.15) is 17.2 Å². The molecule has 0 spiro atoms. The Kier molecular flexibility index (Phi) is 5.04. The van der Waals surface area contributed by atoms with Gasteiger partial charge in [-0.15, -0.1) is 0 Å². The smallest absolute Gasteiger partial charge is 0.207 e. The quantitative estimate of drug-likeness (QED) is 0.846. The van der Waals surface area contributed by atoms with E-state index in [1.54, 1.807) is 11.8 Å². The third kappa shape index (κ3) is 3.76. The summed E-state index contributed by atoms with van der Waals surface area (Å²) in [7, 11) is -3.55. The summed E-state index contributed by atoms with van der Waals surface area (Å²) in [4.78, 5) is 0.155. The molecule has 122 valence electrons. The van der Waals surface area contributed by atoms with E-state index in [0.29, 0.717) is 18.3 Å². The van der Waals surface area contributed by atoms with Crippen molar-refractivity contribution in [2.75, 3.05) is 18.8 Å². The first-order valence-corrected chi connectivity index (χ1v) is 9.98. The second-order valence-electron chi connectivity index (χ2n) is 5.42. The minimum atomic E-state index is -3.55. The van der Waals surface area contributed by atoms with E-state index in [0.717, 1.165) is 12.2 Å². The Balaban J connectivity index is 1.76. The van der Waals surface area contributed by atoms with Crippen LogP contribution in [0.25, 0.3) is 0 Å². The Hall–Kier alpha value is -1.37. The standard InChI is InChI=1S/C17H18FNO2S2/c18-15-6-8-16(9-7-15)23(20,21)19-11-10-17(22-13-12-19)14-4-2-1-3-5-14/h1-9,17H,10-13H2. The van der Waals surface area contributed by atoms with Gasteiger partial charge in [-0.05, 0) is 36.2 Å². The zero-order valence-corrected chi connectivity index (χ0v) is 14.2. The van der Waals surface area contributed by atoms with Crippen molar-refractivity contribution in [1.82, 2.24) is 4.31 Å². The van der Waals surface area contributed by atoms with Gasteiger partial charge in [-0.2, -0.15) is 16.1 Å². The molecule has 1 atom stereocenters. The maximum absolute atomic E-state index is 13.0. The molecule has 23 heavy (non-hydrogen) atoms. The number of hydrogen-bond donors (Lipinski definition) is 0. The summed E-state index contributed by atoms with van der Waals surface area (Å²) in [5.41, 5.74) is 1.23. The SMILES string of the molecule is O=S(=O)(c1ccc(F)cc1)N1CCSC(c2ccccc2)CC1. The molecular weight excluding hydrogens is 333 g/mol. The summed E-state index contributed by atoms with van der Waals surface area (Å²) in [6, 6.07) is 15.2. The van der Waals surface area contributed by atoms with Gasteiger partial charge in [0.15, 0.2) is 0 Å². The molecule has 1 heterocycles. The van der Waals surface area contributed by atoms with Crippen LogP contribution in [0.15, 0.2) is 59.5 Å². The van der Waals surface area contributed by atoms with Gasteiger partial charge in [-0.3, -0.25) is 0 Å². The molecule has 3 nitrogen and oxygen atoms in total. The molecule has 0 aromatic heterocycles. The fraction of sp³-hybridized carbons (Fsp3) is 0.294. The summed E-state index contributed by atoms with van der Waals surface area (Å²) in [5, 5.41) is 0.310. The average molecular weight is 351 g/mol. The summed E-state index contributed by atoms with van der Waals surface area (Å²) in [6.07, 6.45) is 0.773. The van der Waals surface area contributed by atoms with Crippen LogP contribution in [0.4, 0.5) is 4.39 Å². The maximum atomic E-state index is 13.0. The van der Waals surface area contributed by atoms with Crippen LogP contribution in [0.2, 0.25) is 0 Å². The summed E-state index contributed by atoms with van der Waals surface area (Å²) in [6.45, 7) is 0.958. The van der Waals surface area contributed by atoms with Gasteiger partial charge in [0.2, 0.25) is 10.0 Å². The molecule has 0 aliphatic carbocycles. The lowest BCUT2D eigenvalue weighted by atomic mass is 10.1. The maximum Gasteiger partial charge on any atom is 0.243 e. The first kappa shape index (κ1) is 16.5. The number of sulfonamides is 1. The van der Waals surface area contributed by atoms with E-state index in [1.807, 2.05) is 18.2 Å². The van der Waals surface area contributed by atoms with Crippen molar-refractivity contribution in [3.8, 4) is 0 Å². The van der Waals surface area contributed by atoms with Gasteiger partial charge in [0.25, 0.3) is 0 Å². The molecule has 1 aliphatic heterocycles. The molecule has 1 fully saturated rings. The van der Waals surface area contributed by atoms with Crippen molar-refractivity contribution in [3.63, 3.8) is 0 Å². The molecule has 3 rings (SSSR count). The fourth-order valence-electron chi connectivity index (χ4n) is 2.68. The van der Waals surface area contributed by atoms with Gasteiger partial charge >= 0.3 is 0 Å². The van der Waals surface area contributed by atoms with Gasteiger partial charge in [-0.1, -0.05) is 30.3 Å². The Morgan fingerprint density at radius 2 is 1.70 bits per heavy atom. The van der Waals surface area contributed by atoms with E-state index in [2.05, 4.69) is 12.1 Å². The van der Waals surface area contributed by atoms with E-state index in [4.69, 9.17) is 0 Å². The second kappa shape index (κ2) is 7.03. The highest BCUT2D eigenvalue weighted by Gasteiger charge is 2.28. The lowest BCUT2D eigenvalue weighted by Gasteiger charge is -2.20. The molecule has 1 unspecified atom stereocenters. The Morgan fingerprint density at radius 1 is 1.00 bits per heavy atom. The molecular formula is C17H18FNO2S2. The molecule has 0 radical (unpaired) electrons. The first-order valence-electron chi connectivity index (χ1n) is 7.49. The molecule has 0 N–H and O–H groups in total. The van der Waals surface area contributed by atoms with Gasteiger partial charge in [0.05, 0.1) is 4.90 Å². The van der Waals surface area contributed by atoms with Crippen LogP contribution in [0.5, 0.6) is 0 Å². The van der Waals surface area contributed by atoms with Crippen molar-refractivity contribution in [2.24, 2.45) is 0 Å². The topological polar surface area (TPSA) is 37.4 Å². The average Bonchev–Trinajstić information content (AvgIpc) is 2.83. The van der Waals surface area contributed by atoms with Crippen molar-refractivity contribution >= 4 is 21.8 Å². The Bertz CT molecular complexity index is 748. The number of rotatable bonds is 3. The second-order valence-corrected chi connectivity index (χ2v) is 8.67. The van der Waals surface area contributed by atoms with Gasteiger partial charge in [0, 0.05) is 24.1 Å². The molecule has 1 saturated heterocycles. The highest BCUT2D eigenvalue weighted by atomic mass is 32.2. The molecule has 2 aromatic carbocycles. The van der Waals surface area contributed by atoms with Crippen LogP contribution in [0.3, 0.4) is 0 Å². The first-order chi connectivity index (χ1) is 11.1. The van der Waals surface area contributed by atoms with E-state index < -0.39 is 15.8 Å². The number of halogens is 1. The molecule has 1 aliphatic rings. The summed E-state index contributed by atoms with van der Waals surface area (Å²) < 4.78 is 39.9. The lowest BCUT2D eigenvalue weighted by Crippen LogP contribution is -2.33. The zero-order valence-electron chi connectivity index (χ0n) is 12.6. The number of thioether (sulfide) groups is 1. The molecule has 6 heteroatoms. The minimum absolute atomic E-state index is 0.155.